The van der Waals surface area contributed by atoms with Gasteiger partial charge in [-0.15, -0.1) is 0 Å². The smallest absolute Gasteiger partial charge is 0.336 e. The molecule has 2 unspecified atom stereocenters. The summed E-state index contributed by atoms with van der Waals surface area (Å²) in [5.41, 5.74) is 3.27. The summed E-state index contributed by atoms with van der Waals surface area (Å²) in [4.78, 5) is 32.0. The Bertz CT molecular complexity index is 1260. The van der Waals surface area contributed by atoms with Crippen molar-refractivity contribution in [2.24, 2.45) is 16.3 Å². The van der Waals surface area contributed by atoms with Crippen molar-refractivity contribution in [1.29, 1.82) is 0 Å². The molecule has 0 N–H and O–H groups in total. The average Bonchev–Trinajstić information content (AvgIpc) is 2.89. The number of Topliss-reactive ketones (excluding diaryl/α,β-unsaturated/α-hetero) is 1. The number of fused-ring (bicyclic) bond motifs is 1. The highest BCUT2D eigenvalue weighted by molar-refractivity contribution is 6.12. The molecule has 1 fully saturated rings. The van der Waals surface area contributed by atoms with Crippen molar-refractivity contribution < 1.29 is 28.5 Å². The number of ketones is 1. The SMILES string of the molecule is CCCOc1ccc(C2C(C(=O)OCc3ccc(OC)cc3)=C(C)N=C3CC(C)(C)CC(=O)C32)cc1OC. The Morgan fingerprint density at radius 3 is 2.39 bits per heavy atom. The van der Waals surface area contributed by atoms with E-state index in [1.807, 2.05) is 56.3 Å². The number of benzene rings is 2. The number of aliphatic imine (C=N–C) groups is 1. The van der Waals surface area contributed by atoms with Gasteiger partial charge >= 0.3 is 5.97 Å². The maximum absolute atomic E-state index is 13.6. The van der Waals surface area contributed by atoms with Crippen LogP contribution >= 0.6 is 0 Å². The number of methoxy groups -OCH3 is 2. The van der Waals surface area contributed by atoms with E-state index in [0.29, 0.717) is 42.2 Å². The van der Waals surface area contributed by atoms with Crippen LogP contribution in [0.15, 0.2) is 58.7 Å². The van der Waals surface area contributed by atoms with Crippen LogP contribution in [-0.4, -0.2) is 38.3 Å². The average molecular weight is 520 g/mol. The third kappa shape index (κ3) is 5.77. The highest BCUT2D eigenvalue weighted by atomic mass is 16.5. The number of ether oxygens (including phenoxy) is 4. The van der Waals surface area contributed by atoms with Gasteiger partial charge in [-0.1, -0.05) is 39.0 Å². The Labute approximate surface area is 224 Å². The second kappa shape index (κ2) is 11.4. The van der Waals surface area contributed by atoms with Crippen LogP contribution in [-0.2, 0) is 20.9 Å². The summed E-state index contributed by atoms with van der Waals surface area (Å²) in [6, 6.07) is 13.0. The fraction of sp³-hybridized carbons (Fsp3) is 0.452. The van der Waals surface area contributed by atoms with Gasteiger partial charge in [0.1, 0.15) is 18.1 Å². The molecule has 0 spiro atoms. The zero-order valence-corrected chi connectivity index (χ0v) is 23.1. The standard InChI is InChI=1S/C31H37NO6/c1-7-14-37-25-13-10-21(15-26(25)36-6)28-27(30(34)38-18-20-8-11-22(35-5)12-9-20)19(2)32-23-16-31(3,4)17-24(33)29(23)28/h8-13,15,28-29H,7,14,16-18H2,1-6H3. The first-order valence-corrected chi connectivity index (χ1v) is 13.1. The van der Waals surface area contributed by atoms with Crippen LogP contribution in [0.4, 0.5) is 0 Å². The van der Waals surface area contributed by atoms with Gasteiger partial charge in [-0.05, 0) is 60.6 Å². The van der Waals surface area contributed by atoms with Crippen molar-refractivity contribution in [1.82, 2.24) is 0 Å². The van der Waals surface area contributed by atoms with E-state index >= 15 is 0 Å². The predicted molar refractivity (Wildman–Crippen MR) is 146 cm³/mol. The number of nitrogens with zero attached hydrogens (tertiary/aromatic N) is 1. The maximum atomic E-state index is 13.6. The minimum absolute atomic E-state index is 0.0863. The molecule has 202 valence electrons. The number of esters is 1. The summed E-state index contributed by atoms with van der Waals surface area (Å²) in [6.07, 6.45) is 1.99. The van der Waals surface area contributed by atoms with Crippen molar-refractivity contribution >= 4 is 17.5 Å². The molecular weight excluding hydrogens is 482 g/mol. The van der Waals surface area contributed by atoms with Crippen LogP contribution in [0.25, 0.3) is 0 Å². The molecule has 1 aliphatic carbocycles. The Balaban J connectivity index is 1.72. The summed E-state index contributed by atoms with van der Waals surface area (Å²) in [7, 11) is 3.19. The van der Waals surface area contributed by atoms with Gasteiger partial charge in [-0.3, -0.25) is 9.79 Å². The van der Waals surface area contributed by atoms with Gasteiger partial charge in [0.15, 0.2) is 11.5 Å². The molecule has 7 nitrogen and oxygen atoms in total. The van der Waals surface area contributed by atoms with Crippen LogP contribution in [0.2, 0.25) is 0 Å². The lowest BCUT2D eigenvalue weighted by Crippen LogP contribution is -2.44. The number of hydrogen-bond donors (Lipinski definition) is 0. The Hall–Kier alpha value is -3.61. The van der Waals surface area contributed by atoms with E-state index in [2.05, 4.69) is 13.8 Å². The van der Waals surface area contributed by atoms with Gasteiger partial charge in [0.25, 0.3) is 0 Å². The lowest BCUT2D eigenvalue weighted by atomic mass is 9.63. The third-order valence-electron chi connectivity index (χ3n) is 7.12. The van der Waals surface area contributed by atoms with E-state index in [1.54, 1.807) is 14.2 Å². The fourth-order valence-electron chi connectivity index (χ4n) is 5.38. The molecule has 7 heteroatoms. The Kier molecular flexibility index (Phi) is 8.24. The van der Waals surface area contributed by atoms with E-state index < -0.39 is 17.8 Å². The minimum atomic E-state index is -0.526. The van der Waals surface area contributed by atoms with Crippen LogP contribution in [0.1, 0.15) is 64.0 Å². The Morgan fingerprint density at radius 2 is 1.74 bits per heavy atom. The Morgan fingerprint density at radius 1 is 1.00 bits per heavy atom. The molecule has 0 saturated heterocycles. The minimum Gasteiger partial charge on any atom is -0.497 e. The molecule has 0 amide bonds. The number of rotatable bonds is 9. The van der Waals surface area contributed by atoms with Crippen LogP contribution in [0, 0.1) is 11.3 Å². The van der Waals surface area contributed by atoms with E-state index in [9.17, 15) is 9.59 Å². The topological polar surface area (TPSA) is 83.4 Å². The summed E-state index contributed by atoms with van der Waals surface area (Å²) >= 11 is 0. The molecule has 0 radical (unpaired) electrons. The molecule has 4 rings (SSSR count). The molecule has 1 saturated carbocycles. The largest absolute Gasteiger partial charge is 0.497 e. The van der Waals surface area contributed by atoms with Crippen molar-refractivity contribution in [3.05, 3.63) is 64.9 Å². The highest BCUT2D eigenvalue weighted by Gasteiger charge is 2.47. The van der Waals surface area contributed by atoms with Crippen LogP contribution < -0.4 is 14.2 Å². The summed E-state index contributed by atoms with van der Waals surface area (Å²) in [5, 5.41) is 0. The van der Waals surface area contributed by atoms with Gasteiger partial charge in [-0.2, -0.15) is 0 Å². The second-order valence-electron chi connectivity index (χ2n) is 10.7. The van der Waals surface area contributed by atoms with E-state index in [-0.39, 0.29) is 17.8 Å². The zero-order valence-electron chi connectivity index (χ0n) is 23.1. The van der Waals surface area contributed by atoms with Gasteiger partial charge in [0, 0.05) is 23.7 Å². The first-order chi connectivity index (χ1) is 18.2. The monoisotopic (exact) mass is 519 g/mol. The quantitative estimate of drug-likeness (QED) is 0.375. The third-order valence-corrected chi connectivity index (χ3v) is 7.12. The molecule has 2 aromatic carbocycles. The molecular formula is C31H37NO6. The fourth-order valence-corrected chi connectivity index (χ4v) is 5.38. The van der Waals surface area contributed by atoms with Gasteiger partial charge in [0.2, 0.25) is 0 Å². The molecule has 2 aliphatic rings. The molecule has 2 aromatic rings. The van der Waals surface area contributed by atoms with E-state index in [0.717, 1.165) is 29.0 Å². The summed E-state index contributed by atoms with van der Waals surface area (Å²) < 4.78 is 22.5. The molecule has 0 bridgehead atoms. The first-order valence-electron chi connectivity index (χ1n) is 13.1. The normalized spacial score (nSPS) is 20.4. The molecule has 1 aliphatic heterocycles. The van der Waals surface area contributed by atoms with Crippen LogP contribution in [0.3, 0.4) is 0 Å². The van der Waals surface area contributed by atoms with E-state index in [1.165, 1.54) is 0 Å². The van der Waals surface area contributed by atoms with Crippen molar-refractivity contribution in [2.45, 2.75) is 59.5 Å². The highest BCUT2D eigenvalue weighted by Crippen LogP contribution is 2.48. The summed E-state index contributed by atoms with van der Waals surface area (Å²) in [5.74, 6) is 0.477. The number of carbonyl (C=O) groups is 2. The van der Waals surface area contributed by atoms with Crippen molar-refractivity contribution in [3.63, 3.8) is 0 Å². The zero-order chi connectivity index (χ0) is 27.4. The predicted octanol–water partition coefficient (Wildman–Crippen LogP) is 6.05. The number of carbonyl (C=O) groups excluding carboxylic acids is 2. The van der Waals surface area contributed by atoms with Crippen molar-refractivity contribution in [2.75, 3.05) is 20.8 Å². The van der Waals surface area contributed by atoms with Gasteiger partial charge in [-0.25, -0.2) is 4.79 Å². The van der Waals surface area contributed by atoms with Gasteiger partial charge < -0.3 is 18.9 Å². The molecule has 2 atom stereocenters. The second-order valence-corrected chi connectivity index (χ2v) is 10.7. The molecule has 0 aromatic heterocycles. The molecule has 38 heavy (non-hydrogen) atoms. The van der Waals surface area contributed by atoms with Crippen LogP contribution in [0.5, 0.6) is 17.2 Å². The maximum Gasteiger partial charge on any atom is 0.336 e. The van der Waals surface area contributed by atoms with E-state index in [4.69, 9.17) is 23.9 Å². The first kappa shape index (κ1) is 27.4. The lowest BCUT2D eigenvalue weighted by Gasteiger charge is -2.41. The van der Waals surface area contributed by atoms with Crippen molar-refractivity contribution in [3.8, 4) is 17.2 Å². The summed E-state index contributed by atoms with van der Waals surface area (Å²) in [6.45, 7) is 8.69. The van der Waals surface area contributed by atoms with Gasteiger partial charge in [0.05, 0.1) is 32.3 Å². The number of allylic oxidation sites excluding steroid dienone is 1. The number of hydrogen-bond acceptors (Lipinski definition) is 7. The molecule has 1 heterocycles. The lowest BCUT2D eigenvalue weighted by molar-refractivity contribution is -0.140.